The van der Waals surface area contributed by atoms with Gasteiger partial charge in [0.15, 0.2) is 0 Å². The van der Waals surface area contributed by atoms with Crippen LogP contribution in [0.4, 0.5) is 9.59 Å². The molecule has 1 fully saturated rings. The lowest BCUT2D eigenvalue weighted by molar-refractivity contribution is -0.169. The summed E-state index contributed by atoms with van der Waals surface area (Å²) < 4.78 is 20.0. The minimum absolute atomic E-state index is 0.114. The number of amides is 3. The second-order valence-corrected chi connectivity index (χ2v) is 8.19. The predicted octanol–water partition coefficient (Wildman–Crippen LogP) is 0.419. The van der Waals surface area contributed by atoms with Crippen LogP contribution in [0.25, 0.3) is 0 Å². The van der Waals surface area contributed by atoms with Crippen LogP contribution in [-0.2, 0) is 33.3 Å². The van der Waals surface area contributed by atoms with Crippen molar-refractivity contribution in [2.75, 3.05) is 26.5 Å². The van der Waals surface area contributed by atoms with E-state index in [-0.39, 0.29) is 18.1 Å². The summed E-state index contributed by atoms with van der Waals surface area (Å²) in [5, 5.41) is 1.89. The second kappa shape index (κ2) is 10.4. The van der Waals surface area contributed by atoms with Gasteiger partial charge in [-0.05, 0) is 13.8 Å². The summed E-state index contributed by atoms with van der Waals surface area (Å²) in [6.07, 6.45) is -2.96. The average Bonchev–Trinajstić information content (AvgIpc) is 2.68. The molecule has 1 saturated heterocycles. The van der Waals surface area contributed by atoms with Crippen LogP contribution < -0.4 is 5.32 Å². The van der Waals surface area contributed by atoms with E-state index in [1.807, 2.05) is 0 Å². The Morgan fingerprint density at radius 2 is 1.90 bits per heavy atom. The zero-order chi connectivity index (χ0) is 23.3. The van der Waals surface area contributed by atoms with Crippen LogP contribution in [0.1, 0.15) is 20.8 Å². The van der Waals surface area contributed by atoms with E-state index in [0.717, 1.165) is 0 Å². The standard InChI is InChI=1S/C18H25N3O9S/c1-9(2)28-18(26)30-10(3)29-16(24)13-11(6-27-17(25)20(4)5)7-31-15-12(19-8-22)14(23)21(13)15/h8-10,12,15H,6-7H2,1-5H3,(H,19,22)/t10?,12-,15-/m1/s1. The third-order valence-electron chi connectivity index (χ3n) is 4.09. The van der Waals surface area contributed by atoms with E-state index in [9.17, 15) is 24.0 Å². The quantitative estimate of drug-likeness (QED) is 0.178. The Labute approximate surface area is 183 Å². The number of ether oxygens (including phenoxy) is 4. The van der Waals surface area contributed by atoms with E-state index in [4.69, 9.17) is 18.9 Å². The minimum atomic E-state index is -1.30. The Morgan fingerprint density at radius 1 is 1.23 bits per heavy atom. The van der Waals surface area contributed by atoms with Crippen molar-refractivity contribution in [3.8, 4) is 0 Å². The number of esters is 1. The molecule has 2 aliphatic heterocycles. The third kappa shape index (κ3) is 5.81. The van der Waals surface area contributed by atoms with E-state index in [2.05, 4.69) is 5.32 Å². The van der Waals surface area contributed by atoms with Gasteiger partial charge in [-0.25, -0.2) is 14.4 Å². The number of nitrogens with one attached hydrogen (secondary N) is 1. The summed E-state index contributed by atoms with van der Waals surface area (Å²) in [6.45, 7) is 4.32. The lowest BCUT2D eigenvalue weighted by Gasteiger charge is -2.49. The molecule has 0 aliphatic carbocycles. The molecule has 172 valence electrons. The molecule has 0 aromatic heterocycles. The van der Waals surface area contributed by atoms with Crippen molar-refractivity contribution in [1.29, 1.82) is 0 Å². The van der Waals surface area contributed by atoms with Gasteiger partial charge in [0.05, 0.1) is 6.10 Å². The predicted molar refractivity (Wildman–Crippen MR) is 106 cm³/mol. The van der Waals surface area contributed by atoms with Gasteiger partial charge in [0, 0.05) is 32.3 Å². The van der Waals surface area contributed by atoms with Crippen LogP contribution in [0.15, 0.2) is 11.3 Å². The van der Waals surface area contributed by atoms with Gasteiger partial charge in [0.2, 0.25) is 12.7 Å². The highest BCUT2D eigenvalue weighted by molar-refractivity contribution is 8.00. The molecule has 13 heteroatoms. The maximum atomic E-state index is 12.8. The Bertz CT molecular complexity index is 783. The topological polar surface area (TPSA) is 141 Å². The van der Waals surface area contributed by atoms with E-state index >= 15 is 0 Å². The zero-order valence-corrected chi connectivity index (χ0v) is 18.6. The number of thioether (sulfide) groups is 1. The average molecular weight is 459 g/mol. The van der Waals surface area contributed by atoms with Gasteiger partial charge < -0.3 is 29.2 Å². The van der Waals surface area contributed by atoms with Crippen molar-refractivity contribution < 1.29 is 42.9 Å². The summed E-state index contributed by atoms with van der Waals surface area (Å²) in [6, 6.07) is -0.786. The Morgan fingerprint density at radius 3 is 2.48 bits per heavy atom. The SMILES string of the molecule is CC(C)OC(=O)OC(C)OC(=O)C1=C(COC(=O)N(C)C)CS[C@@H]2[C@H](NC=O)C(=O)N12. The number of carbonyl (C=O) groups is 5. The van der Waals surface area contributed by atoms with Crippen molar-refractivity contribution in [1.82, 2.24) is 15.1 Å². The maximum Gasteiger partial charge on any atom is 0.511 e. The number of hydrogen-bond donors (Lipinski definition) is 1. The first-order valence-electron chi connectivity index (χ1n) is 9.35. The molecule has 1 N–H and O–H groups in total. The molecule has 3 atom stereocenters. The van der Waals surface area contributed by atoms with E-state index in [1.54, 1.807) is 13.8 Å². The molecule has 0 spiro atoms. The number of nitrogens with zero attached hydrogens (tertiary/aromatic N) is 2. The molecule has 2 heterocycles. The first-order chi connectivity index (χ1) is 14.6. The van der Waals surface area contributed by atoms with Gasteiger partial charge in [-0.1, -0.05) is 0 Å². The van der Waals surface area contributed by atoms with Crippen molar-refractivity contribution in [2.45, 2.75) is 44.6 Å². The fourth-order valence-electron chi connectivity index (χ4n) is 2.74. The fourth-order valence-corrected chi connectivity index (χ4v) is 4.08. The molecule has 0 radical (unpaired) electrons. The van der Waals surface area contributed by atoms with Gasteiger partial charge >= 0.3 is 18.2 Å². The number of fused-ring (bicyclic) bond motifs is 1. The molecule has 12 nitrogen and oxygen atoms in total. The highest BCUT2D eigenvalue weighted by atomic mass is 32.2. The van der Waals surface area contributed by atoms with E-state index in [0.29, 0.717) is 12.0 Å². The maximum absolute atomic E-state index is 12.8. The first kappa shape index (κ1) is 24.3. The Kier molecular flexibility index (Phi) is 8.14. The molecule has 1 unspecified atom stereocenters. The lowest BCUT2D eigenvalue weighted by Crippen LogP contribution is -2.69. The monoisotopic (exact) mass is 459 g/mol. The van der Waals surface area contributed by atoms with Crippen LogP contribution in [0.5, 0.6) is 0 Å². The molecule has 31 heavy (non-hydrogen) atoms. The largest absolute Gasteiger partial charge is 0.511 e. The number of carbonyl (C=O) groups excluding carboxylic acids is 5. The van der Waals surface area contributed by atoms with Crippen molar-refractivity contribution in [3.05, 3.63) is 11.3 Å². The Balaban J connectivity index is 2.19. The smallest absolute Gasteiger partial charge is 0.445 e. The zero-order valence-electron chi connectivity index (χ0n) is 17.8. The molecule has 0 saturated carbocycles. The third-order valence-corrected chi connectivity index (χ3v) is 5.43. The van der Waals surface area contributed by atoms with Crippen LogP contribution in [0.2, 0.25) is 0 Å². The molecule has 2 rings (SSSR count). The lowest BCUT2D eigenvalue weighted by atomic mass is 10.0. The van der Waals surface area contributed by atoms with E-state index in [1.165, 1.54) is 42.6 Å². The van der Waals surface area contributed by atoms with Crippen molar-refractivity contribution in [3.63, 3.8) is 0 Å². The highest BCUT2D eigenvalue weighted by Gasteiger charge is 2.54. The van der Waals surface area contributed by atoms with Crippen LogP contribution in [0.3, 0.4) is 0 Å². The summed E-state index contributed by atoms with van der Waals surface area (Å²) in [7, 11) is 3.00. The van der Waals surface area contributed by atoms with Gasteiger partial charge in [0.1, 0.15) is 23.7 Å². The number of rotatable bonds is 8. The van der Waals surface area contributed by atoms with Gasteiger partial charge in [-0.2, -0.15) is 0 Å². The van der Waals surface area contributed by atoms with Crippen molar-refractivity contribution in [2.24, 2.45) is 0 Å². The molecule has 0 aromatic rings. The molecule has 3 amide bonds. The van der Waals surface area contributed by atoms with Gasteiger partial charge in [0.25, 0.3) is 5.91 Å². The summed E-state index contributed by atoms with van der Waals surface area (Å²) in [5.74, 6) is -1.20. The number of hydrogen-bond acceptors (Lipinski definition) is 10. The molecular formula is C18H25N3O9S. The van der Waals surface area contributed by atoms with Gasteiger partial charge in [-0.15, -0.1) is 11.8 Å². The van der Waals surface area contributed by atoms with Crippen LogP contribution >= 0.6 is 11.8 Å². The summed E-state index contributed by atoms with van der Waals surface area (Å²) in [4.78, 5) is 61.9. The Hall–Kier alpha value is -2.96. The number of β-lactam (4-membered cyclic amide) rings is 1. The minimum Gasteiger partial charge on any atom is -0.445 e. The molecule has 0 bridgehead atoms. The summed E-state index contributed by atoms with van der Waals surface area (Å²) in [5.41, 5.74) is 0.230. The van der Waals surface area contributed by atoms with Crippen LogP contribution in [0, 0.1) is 0 Å². The molecule has 2 aliphatic rings. The van der Waals surface area contributed by atoms with Crippen LogP contribution in [-0.4, -0.2) is 90.6 Å². The summed E-state index contributed by atoms with van der Waals surface area (Å²) >= 11 is 1.30. The van der Waals surface area contributed by atoms with Gasteiger partial charge in [-0.3, -0.25) is 14.5 Å². The fraction of sp³-hybridized carbons (Fsp3) is 0.611. The molecular weight excluding hydrogens is 434 g/mol. The van der Waals surface area contributed by atoms with Crippen molar-refractivity contribution >= 4 is 42.3 Å². The molecule has 0 aromatic carbocycles. The second-order valence-electron chi connectivity index (χ2n) is 7.08. The normalized spacial score (nSPS) is 20.8. The highest BCUT2D eigenvalue weighted by Crippen LogP contribution is 2.40. The first-order valence-corrected chi connectivity index (χ1v) is 10.4. The van der Waals surface area contributed by atoms with E-state index < -0.39 is 47.9 Å².